The van der Waals surface area contributed by atoms with E-state index < -0.39 is 11.7 Å². The minimum atomic E-state index is -4.46. The van der Waals surface area contributed by atoms with Gasteiger partial charge in [-0.1, -0.05) is 12.1 Å². The number of para-hydroxylation sites is 1. The molecule has 6 heteroatoms. The van der Waals surface area contributed by atoms with Gasteiger partial charge in [0, 0.05) is 12.0 Å². The Labute approximate surface area is 96.3 Å². The molecule has 2 N–H and O–H groups in total. The Morgan fingerprint density at radius 2 is 2.00 bits per heavy atom. The van der Waals surface area contributed by atoms with Crippen molar-refractivity contribution in [3.63, 3.8) is 0 Å². The van der Waals surface area contributed by atoms with Gasteiger partial charge in [-0.05, 0) is 13.0 Å². The maximum absolute atomic E-state index is 12.7. The molecule has 1 aromatic carbocycles. The Bertz CT molecular complexity index is 429. The quantitative estimate of drug-likeness (QED) is 0.871. The lowest BCUT2D eigenvalue weighted by molar-refractivity contribution is -0.180. The summed E-state index contributed by atoms with van der Waals surface area (Å²) in [5, 5.41) is 0. The molecule has 0 spiro atoms. The molecular formula is C11H12F3NO2. The summed E-state index contributed by atoms with van der Waals surface area (Å²) in [6, 6.07) is 4.83. The van der Waals surface area contributed by atoms with Gasteiger partial charge in [-0.3, -0.25) is 0 Å². The van der Waals surface area contributed by atoms with E-state index in [1.807, 2.05) is 0 Å². The standard InChI is InChI=1S/C11H12F3NO2/c1-10(15,11(12,13)14)5-7-3-2-4-8-9(7)17-6-16-8/h2-4H,5-6,15H2,1H3. The van der Waals surface area contributed by atoms with Gasteiger partial charge in [0.05, 0.1) is 0 Å². The van der Waals surface area contributed by atoms with E-state index in [1.54, 1.807) is 18.2 Å². The molecule has 0 radical (unpaired) electrons. The Morgan fingerprint density at radius 1 is 1.29 bits per heavy atom. The molecule has 1 heterocycles. The molecular weight excluding hydrogens is 235 g/mol. The van der Waals surface area contributed by atoms with E-state index in [2.05, 4.69) is 0 Å². The minimum Gasteiger partial charge on any atom is -0.454 e. The zero-order valence-corrected chi connectivity index (χ0v) is 9.17. The second-order valence-corrected chi connectivity index (χ2v) is 4.24. The molecule has 1 aliphatic heterocycles. The third kappa shape index (κ3) is 2.17. The second kappa shape index (κ2) is 3.80. The number of alkyl halides is 3. The molecule has 1 unspecified atom stereocenters. The van der Waals surface area contributed by atoms with E-state index in [1.165, 1.54) is 0 Å². The van der Waals surface area contributed by atoms with Crippen molar-refractivity contribution in [3.8, 4) is 11.5 Å². The van der Waals surface area contributed by atoms with E-state index in [-0.39, 0.29) is 13.2 Å². The van der Waals surface area contributed by atoms with Gasteiger partial charge >= 0.3 is 6.18 Å². The first-order valence-electron chi connectivity index (χ1n) is 5.04. The number of nitrogens with two attached hydrogens (primary N) is 1. The van der Waals surface area contributed by atoms with Crippen LogP contribution in [0, 0.1) is 0 Å². The third-order valence-electron chi connectivity index (χ3n) is 2.68. The van der Waals surface area contributed by atoms with E-state index in [0.29, 0.717) is 17.1 Å². The highest BCUT2D eigenvalue weighted by atomic mass is 19.4. The molecule has 1 aromatic rings. The molecule has 0 saturated heterocycles. The van der Waals surface area contributed by atoms with Gasteiger partial charge in [-0.25, -0.2) is 0 Å². The second-order valence-electron chi connectivity index (χ2n) is 4.24. The summed E-state index contributed by atoms with van der Waals surface area (Å²) in [6.45, 7) is 0.988. The highest BCUT2D eigenvalue weighted by Gasteiger charge is 2.48. The van der Waals surface area contributed by atoms with Gasteiger partial charge in [-0.15, -0.1) is 0 Å². The number of ether oxygens (including phenoxy) is 2. The first-order valence-corrected chi connectivity index (χ1v) is 5.04. The van der Waals surface area contributed by atoms with Crippen molar-refractivity contribution < 1.29 is 22.6 Å². The van der Waals surface area contributed by atoms with Crippen LogP contribution in [0.5, 0.6) is 11.5 Å². The van der Waals surface area contributed by atoms with Gasteiger partial charge in [0.25, 0.3) is 0 Å². The lowest BCUT2D eigenvalue weighted by atomic mass is 9.92. The first-order chi connectivity index (χ1) is 7.81. The number of rotatable bonds is 2. The van der Waals surface area contributed by atoms with Crippen molar-refractivity contribution in [2.75, 3.05) is 6.79 Å². The Hall–Kier alpha value is -1.43. The zero-order valence-electron chi connectivity index (χ0n) is 9.17. The monoisotopic (exact) mass is 247 g/mol. The summed E-state index contributed by atoms with van der Waals surface area (Å²) in [6.07, 6.45) is -4.81. The van der Waals surface area contributed by atoms with E-state index in [0.717, 1.165) is 6.92 Å². The first kappa shape index (κ1) is 12.0. The van der Waals surface area contributed by atoms with Gasteiger partial charge in [0.1, 0.15) is 5.54 Å². The highest BCUT2D eigenvalue weighted by Crippen LogP contribution is 2.39. The van der Waals surface area contributed by atoms with Gasteiger partial charge < -0.3 is 15.2 Å². The fourth-order valence-corrected chi connectivity index (χ4v) is 1.63. The molecule has 0 aliphatic carbocycles. The van der Waals surface area contributed by atoms with Crippen molar-refractivity contribution in [2.24, 2.45) is 5.73 Å². The summed E-state index contributed by atoms with van der Waals surface area (Å²) in [4.78, 5) is 0. The van der Waals surface area contributed by atoms with Gasteiger partial charge in [0.15, 0.2) is 11.5 Å². The lowest BCUT2D eigenvalue weighted by Crippen LogP contribution is -2.52. The maximum Gasteiger partial charge on any atom is 0.406 e. The number of fused-ring (bicyclic) bond motifs is 1. The van der Waals surface area contributed by atoms with E-state index in [9.17, 15) is 13.2 Å². The summed E-state index contributed by atoms with van der Waals surface area (Å²) in [5.41, 5.74) is 3.42. The van der Waals surface area contributed by atoms with Crippen LogP contribution in [0.2, 0.25) is 0 Å². The van der Waals surface area contributed by atoms with Crippen molar-refractivity contribution in [1.82, 2.24) is 0 Å². The summed E-state index contributed by atoms with van der Waals surface area (Å²) in [7, 11) is 0. The van der Waals surface area contributed by atoms with E-state index >= 15 is 0 Å². The minimum absolute atomic E-state index is 0.0274. The van der Waals surface area contributed by atoms with Crippen LogP contribution in [0.1, 0.15) is 12.5 Å². The predicted molar refractivity (Wildman–Crippen MR) is 54.9 cm³/mol. The molecule has 1 atom stereocenters. The van der Waals surface area contributed by atoms with Gasteiger partial charge in [0.2, 0.25) is 6.79 Å². The fourth-order valence-electron chi connectivity index (χ4n) is 1.63. The SMILES string of the molecule is CC(N)(Cc1cccc2c1OCO2)C(F)(F)F. The largest absolute Gasteiger partial charge is 0.454 e. The Balaban J connectivity index is 2.29. The molecule has 0 saturated carbocycles. The van der Waals surface area contributed by atoms with Crippen LogP contribution in [0.25, 0.3) is 0 Å². The molecule has 0 bridgehead atoms. The zero-order chi connectivity index (χ0) is 12.7. The lowest BCUT2D eigenvalue weighted by Gasteiger charge is -2.27. The number of hydrogen-bond acceptors (Lipinski definition) is 3. The smallest absolute Gasteiger partial charge is 0.406 e. The summed E-state index contributed by atoms with van der Waals surface area (Å²) < 4.78 is 48.3. The summed E-state index contributed by atoms with van der Waals surface area (Å²) >= 11 is 0. The molecule has 0 aromatic heterocycles. The normalized spacial score (nSPS) is 17.9. The molecule has 1 aliphatic rings. The van der Waals surface area contributed by atoms with Crippen LogP contribution in [-0.4, -0.2) is 18.5 Å². The van der Waals surface area contributed by atoms with E-state index in [4.69, 9.17) is 15.2 Å². The summed E-state index contributed by atoms with van der Waals surface area (Å²) in [5.74, 6) is 0.814. The van der Waals surface area contributed by atoms with Crippen molar-refractivity contribution in [2.45, 2.75) is 25.1 Å². The average Bonchev–Trinajstić information content (AvgIpc) is 2.64. The van der Waals surface area contributed by atoms with Crippen LogP contribution >= 0.6 is 0 Å². The fraction of sp³-hybridized carbons (Fsp3) is 0.455. The molecule has 0 amide bonds. The van der Waals surface area contributed by atoms with Crippen LogP contribution in [0.3, 0.4) is 0 Å². The highest BCUT2D eigenvalue weighted by molar-refractivity contribution is 5.48. The Kier molecular flexibility index (Phi) is 2.69. The van der Waals surface area contributed by atoms with Crippen molar-refractivity contribution in [3.05, 3.63) is 23.8 Å². The predicted octanol–water partition coefficient (Wildman–Crippen LogP) is 2.24. The van der Waals surface area contributed by atoms with Crippen LogP contribution in [0.15, 0.2) is 18.2 Å². The Morgan fingerprint density at radius 3 is 2.65 bits per heavy atom. The van der Waals surface area contributed by atoms with Gasteiger partial charge in [-0.2, -0.15) is 13.2 Å². The van der Waals surface area contributed by atoms with Crippen molar-refractivity contribution in [1.29, 1.82) is 0 Å². The molecule has 94 valence electrons. The average molecular weight is 247 g/mol. The molecule has 3 nitrogen and oxygen atoms in total. The van der Waals surface area contributed by atoms with Crippen LogP contribution in [-0.2, 0) is 6.42 Å². The van der Waals surface area contributed by atoms with Crippen LogP contribution < -0.4 is 15.2 Å². The number of hydrogen-bond donors (Lipinski definition) is 1. The van der Waals surface area contributed by atoms with Crippen molar-refractivity contribution >= 4 is 0 Å². The molecule has 17 heavy (non-hydrogen) atoms. The third-order valence-corrected chi connectivity index (χ3v) is 2.68. The molecule has 2 rings (SSSR count). The van der Waals surface area contributed by atoms with Crippen LogP contribution in [0.4, 0.5) is 13.2 Å². The molecule has 0 fully saturated rings. The number of benzene rings is 1. The maximum atomic E-state index is 12.7. The topological polar surface area (TPSA) is 44.5 Å². The number of halogens is 3.